The third-order valence-corrected chi connectivity index (χ3v) is 4.42. The van der Waals surface area contributed by atoms with Gasteiger partial charge in [0.05, 0.1) is 7.11 Å². The molecule has 5 nitrogen and oxygen atoms in total. The molecular formula is C20H22N2O3. The molecule has 1 fully saturated rings. The summed E-state index contributed by atoms with van der Waals surface area (Å²) < 4.78 is 5.28. The van der Waals surface area contributed by atoms with E-state index in [0.29, 0.717) is 17.7 Å². The highest BCUT2D eigenvalue weighted by Crippen LogP contribution is 2.17. The number of nitrogens with zero attached hydrogens (tertiary/aromatic N) is 1. The highest BCUT2D eigenvalue weighted by atomic mass is 16.5. The van der Waals surface area contributed by atoms with E-state index < -0.39 is 0 Å². The van der Waals surface area contributed by atoms with E-state index in [1.54, 1.807) is 31.4 Å². The van der Waals surface area contributed by atoms with Crippen molar-refractivity contribution in [1.82, 2.24) is 10.2 Å². The Kier molecular flexibility index (Phi) is 5.33. The number of carbonyl (C=O) groups excluding carboxylic acids is 2. The first-order chi connectivity index (χ1) is 12.2. The van der Waals surface area contributed by atoms with Crippen molar-refractivity contribution in [1.29, 1.82) is 0 Å². The Labute approximate surface area is 147 Å². The summed E-state index contributed by atoms with van der Waals surface area (Å²) in [5.74, 6) is 0.610. The van der Waals surface area contributed by atoms with E-state index in [2.05, 4.69) is 5.32 Å². The van der Waals surface area contributed by atoms with E-state index in [1.807, 2.05) is 29.2 Å². The molecule has 0 aromatic heterocycles. The second-order valence-corrected chi connectivity index (χ2v) is 6.07. The highest BCUT2D eigenvalue weighted by Gasteiger charge is 2.19. The number of benzene rings is 2. The standard InChI is InChI=1S/C20H22N2O3/c1-25-18-7-3-2-6-17(18)14-21-19(23)15-8-10-16(11-9-15)20(24)22-12-4-5-13-22/h2-3,6-11H,4-5,12-14H2,1H3,(H,21,23). The van der Waals surface area contributed by atoms with Gasteiger partial charge in [0.15, 0.2) is 0 Å². The molecule has 0 aliphatic carbocycles. The van der Waals surface area contributed by atoms with Gasteiger partial charge in [0.25, 0.3) is 11.8 Å². The fraction of sp³-hybridized carbons (Fsp3) is 0.300. The lowest BCUT2D eigenvalue weighted by Crippen LogP contribution is -2.27. The van der Waals surface area contributed by atoms with Crippen molar-refractivity contribution in [2.75, 3.05) is 20.2 Å². The maximum absolute atomic E-state index is 12.3. The van der Waals surface area contributed by atoms with Gasteiger partial charge in [0.2, 0.25) is 0 Å². The molecule has 1 N–H and O–H groups in total. The Morgan fingerprint density at radius 1 is 1.00 bits per heavy atom. The molecule has 25 heavy (non-hydrogen) atoms. The summed E-state index contributed by atoms with van der Waals surface area (Å²) in [7, 11) is 1.61. The van der Waals surface area contributed by atoms with Crippen LogP contribution in [0.3, 0.4) is 0 Å². The smallest absolute Gasteiger partial charge is 0.253 e. The monoisotopic (exact) mass is 338 g/mol. The zero-order valence-corrected chi connectivity index (χ0v) is 14.3. The molecule has 2 aromatic carbocycles. The minimum Gasteiger partial charge on any atom is -0.496 e. The van der Waals surface area contributed by atoms with Crippen molar-refractivity contribution < 1.29 is 14.3 Å². The first kappa shape index (κ1) is 17.0. The van der Waals surface area contributed by atoms with Crippen LogP contribution < -0.4 is 10.1 Å². The molecule has 0 spiro atoms. The van der Waals surface area contributed by atoms with Crippen LogP contribution in [0.5, 0.6) is 5.75 Å². The summed E-state index contributed by atoms with van der Waals surface area (Å²) >= 11 is 0. The first-order valence-corrected chi connectivity index (χ1v) is 8.48. The number of rotatable bonds is 5. The van der Waals surface area contributed by atoms with Crippen molar-refractivity contribution in [3.05, 3.63) is 65.2 Å². The van der Waals surface area contributed by atoms with Gasteiger partial charge in [0, 0.05) is 36.3 Å². The van der Waals surface area contributed by atoms with Crippen LogP contribution in [-0.2, 0) is 6.54 Å². The molecule has 0 radical (unpaired) electrons. The van der Waals surface area contributed by atoms with E-state index in [0.717, 1.165) is 37.2 Å². The van der Waals surface area contributed by atoms with Crippen LogP contribution in [0.4, 0.5) is 0 Å². The normalized spacial score (nSPS) is 13.6. The van der Waals surface area contributed by atoms with Gasteiger partial charge >= 0.3 is 0 Å². The summed E-state index contributed by atoms with van der Waals surface area (Å²) in [6.07, 6.45) is 2.13. The predicted molar refractivity (Wildman–Crippen MR) is 95.7 cm³/mol. The van der Waals surface area contributed by atoms with Gasteiger partial charge in [0.1, 0.15) is 5.75 Å². The minimum absolute atomic E-state index is 0.0403. The number of hydrogen-bond acceptors (Lipinski definition) is 3. The number of ether oxygens (including phenoxy) is 1. The van der Waals surface area contributed by atoms with Gasteiger partial charge in [-0.2, -0.15) is 0 Å². The van der Waals surface area contributed by atoms with Crippen LogP contribution in [0, 0.1) is 0 Å². The van der Waals surface area contributed by atoms with Gasteiger partial charge in [-0.1, -0.05) is 18.2 Å². The van der Waals surface area contributed by atoms with E-state index in [4.69, 9.17) is 4.74 Å². The van der Waals surface area contributed by atoms with Crippen LogP contribution in [0.15, 0.2) is 48.5 Å². The first-order valence-electron chi connectivity index (χ1n) is 8.48. The topological polar surface area (TPSA) is 58.6 Å². The van der Waals surface area contributed by atoms with Gasteiger partial charge in [-0.3, -0.25) is 9.59 Å². The van der Waals surface area contributed by atoms with Crippen molar-refractivity contribution in [3.8, 4) is 5.75 Å². The molecule has 130 valence electrons. The molecule has 1 saturated heterocycles. The number of methoxy groups -OCH3 is 1. The lowest BCUT2D eigenvalue weighted by molar-refractivity contribution is 0.0792. The van der Waals surface area contributed by atoms with Crippen molar-refractivity contribution in [2.24, 2.45) is 0 Å². The zero-order valence-electron chi connectivity index (χ0n) is 14.3. The molecule has 5 heteroatoms. The second kappa shape index (κ2) is 7.83. The third kappa shape index (κ3) is 3.99. The average Bonchev–Trinajstić information content (AvgIpc) is 3.20. The summed E-state index contributed by atoms with van der Waals surface area (Å²) in [5.41, 5.74) is 2.08. The summed E-state index contributed by atoms with van der Waals surface area (Å²) in [6.45, 7) is 2.03. The van der Waals surface area contributed by atoms with Gasteiger partial charge in [-0.25, -0.2) is 0 Å². The lowest BCUT2D eigenvalue weighted by atomic mass is 10.1. The number of para-hydroxylation sites is 1. The SMILES string of the molecule is COc1ccccc1CNC(=O)c1ccc(C(=O)N2CCCC2)cc1. The molecule has 0 saturated carbocycles. The quantitative estimate of drug-likeness (QED) is 0.912. The van der Waals surface area contributed by atoms with Crippen LogP contribution in [0.25, 0.3) is 0 Å². The van der Waals surface area contributed by atoms with E-state index in [1.165, 1.54) is 0 Å². The second-order valence-electron chi connectivity index (χ2n) is 6.07. The van der Waals surface area contributed by atoms with Crippen LogP contribution >= 0.6 is 0 Å². The maximum Gasteiger partial charge on any atom is 0.253 e. The molecule has 2 aromatic rings. The molecule has 0 atom stereocenters. The molecule has 0 unspecified atom stereocenters. The van der Waals surface area contributed by atoms with Crippen LogP contribution in [0.1, 0.15) is 39.1 Å². The number of carbonyl (C=O) groups is 2. The molecule has 1 aliphatic heterocycles. The summed E-state index contributed by atoms with van der Waals surface area (Å²) in [6, 6.07) is 14.4. The van der Waals surface area contributed by atoms with E-state index in [-0.39, 0.29) is 11.8 Å². The van der Waals surface area contributed by atoms with Gasteiger partial charge in [-0.05, 0) is 43.2 Å². The fourth-order valence-electron chi connectivity index (χ4n) is 2.99. The number of amides is 2. The number of nitrogens with one attached hydrogen (secondary N) is 1. The molecule has 1 aliphatic rings. The summed E-state index contributed by atoms with van der Waals surface area (Å²) in [5, 5.41) is 2.88. The molecule has 1 heterocycles. The van der Waals surface area contributed by atoms with Crippen LogP contribution in [-0.4, -0.2) is 36.9 Å². The fourth-order valence-corrected chi connectivity index (χ4v) is 2.99. The minimum atomic E-state index is -0.175. The Morgan fingerprint density at radius 3 is 2.32 bits per heavy atom. The maximum atomic E-state index is 12.3. The third-order valence-electron chi connectivity index (χ3n) is 4.42. The van der Waals surface area contributed by atoms with Gasteiger partial charge in [-0.15, -0.1) is 0 Å². The van der Waals surface area contributed by atoms with E-state index in [9.17, 15) is 9.59 Å². The Morgan fingerprint density at radius 2 is 1.64 bits per heavy atom. The Bertz CT molecular complexity index is 750. The highest BCUT2D eigenvalue weighted by molar-refractivity contribution is 5.97. The van der Waals surface area contributed by atoms with Gasteiger partial charge < -0.3 is 15.0 Å². The Balaban J connectivity index is 1.61. The molecule has 2 amide bonds. The van der Waals surface area contributed by atoms with Crippen molar-refractivity contribution in [2.45, 2.75) is 19.4 Å². The average molecular weight is 338 g/mol. The van der Waals surface area contributed by atoms with E-state index >= 15 is 0 Å². The van der Waals surface area contributed by atoms with Crippen molar-refractivity contribution >= 4 is 11.8 Å². The predicted octanol–water partition coefficient (Wildman–Crippen LogP) is 2.86. The van der Waals surface area contributed by atoms with Crippen LogP contribution in [0.2, 0.25) is 0 Å². The molecule has 0 bridgehead atoms. The number of hydrogen-bond donors (Lipinski definition) is 1. The molecular weight excluding hydrogens is 316 g/mol. The zero-order chi connectivity index (χ0) is 17.6. The Hall–Kier alpha value is -2.82. The van der Waals surface area contributed by atoms with Crippen molar-refractivity contribution in [3.63, 3.8) is 0 Å². The number of likely N-dealkylation sites (tertiary alicyclic amines) is 1. The lowest BCUT2D eigenvalue weighted by Gasteiger charge is -2.15. The largest absolute Gasteiger partial charge is 0.496 e. The summed E-state index contributed by atoms with van der Waals surface area (Å²) in [4.78, 5) is 26.5. The molecule has 3 rings (SSSR count).